The number of hydrogen-bond donors (Lipinski definition) is 4. The van der Waals surface area contributed by atoms with Gasteiger partial charge in [0, 0.05) is 44.0 Å². The van der Waals surface area contributed by atoms with Gasteiger partial charge in [-0.05, 0) is 56.3 Å². The Morgan fingerprint density at radius 2 is 2.06 bits per heavy atom. The third-order valence-electron chi connectivity index (χ3n) is 6.99. The van der Waals surface area contributed by atoms with Crippen LogP contribution in [0.1, 0.15) is 36.6 Å². The summed E-state index contributed by atoms with van der Waals surface area (Å²) in [6, 6.07) is 7.17. The van der Waals surface area contributed by atoms with Crippen molar-refractivity contribution in [2.45, 2.75) is 39.0 Å². The maximum absolute atomic E-state index is 15.9. The molecule has 1 aliphatic carbocycles. The fourth-order valence-corrected chi connectivity index (χ4v) is 4.65. The standard InChI is InChI=1S/C26H34BFN6O2/c1-17-13-19(27)5-6-21(17)31-24-20(26(35)32-36-15-18-3-4-18)14-22-25(23(24)28)30-16-34(22)10-2-9-33-11-7-29-8-12-33/h5-6,13-14,16,18,26,29,31-32,35H,2-4,7-12,15H2,1H3. The van der Waals surface area contributed by atoms with Gasteiger partial charge in [-0.2, -0.15) is 5.48 Å². The lowest BCUT2D eigenvalue weighted by molar-refractivity contribution is -0.0619. The number of anilines is 2. The second kappa shape index (κ2) is 11.3. The molecule has 190 valence electrons. The van der Waals surface area contributed by atoms with Crippen LogP contribution < -0.4 is 21.6 Å². The predicted octanol–water partition coefficient (Wildman–Crippen LogP) is 2.24. The first kappa shape index (κ1) is 25.2. The molecule has 10 heteroatoms. The highest BCUT2D eigenvalue weighted by Crippen LogP contribution is 2.35. The molecule has 1 unspecified atom stereocenters. The molecule has 0 spiro atoms. The lowest BCUT2D eigenvalue weighted by Crippen LogP contribution is -2.43. The molecule has 1 saturated heterocycles. The van der Waals surface area contributed by atoms with Gasteiger partial charge < -0.3 is 25.2 Å². The average Bonchev–Trinajstić information content (AvgIpc) is 3.61. The molecule has 5 rings (SSSR count). The quantitative estimate of drug-likeness (QED) is 0.186. The van der Waals surface area contributed by atoms with Crippen LogP contribution in [-0.4, -0.2) is 66.7 Å². The Kier molecular flexibility index (Phi) is 7.88. The Balaban J connectivity index is 1.41. The Labute approximate surface area is 212 Å². The molecule has 1 aromatic heterocycles. The van der Waals surface area contributed by atoms with Crippen molar-refractivity contribution in [2.75, 3.05) is 44.6 Å². The zero-order valence-corrected chi connectivity index (χ0v) is 20.8. The minimum Gasteiger partial charge on any atom is -0.372 e. The zero-order valence-electron chi connectivity index (χ0n) is 20.8. The summed E-state index contributed by atoms with van der Waals surface area (Å²) >= 11 is 0. The monoisotopic (exact) mass is 492 g/mol. The van der Waals surface area contributed by atoms with E-state index in [1.165, 1.54) is 0 Å². The Bertz CT molecular complexity index is 1190. The van der Waals surface area contributed by atoms with Crippen molar-refractivity contribution < 1.29 is 14.3 Å². The van der Waals surface area contributed by atoms with E-state index in [9.17, 15) is 5.11 Å². The van der Waals surface area contributed by atoms with Crippen LogP contribution in [0.3, 0.4) is 0 Å². The van der Waals surface area contributed by atoms with Crippen LogP contribution in [0.2, 0.25) is 0 Å². The molecule has 4 N–H and O–H groups in total. The van der Waals surface area contributed by atoms with Gasteiger partial charge in [-0.1, -0.05) is 17.6 Å². The van der Waals surface area contributed by atoms with Gasteiger partial charge in [-0.25, -0.2) is 9.37 Å². The Morgan fingerprint density at radius 3 is 2.81 bits per heavy atom. The topological polar surface area (TPSA) is 86.6 Å². The highest BCUT2D eigenvalue weighted by Gasteiger charge is 2.25. The van der Waals surface area contributed by atoms with Crippen LogP contribution in [0.4, 0.5) is 15.8 Å². The summed E-state index contributed by atoms with van der Waals surface area (Å²) in [5.74, 6) is 0.0127. The summed E-state index contributed by atoms with van der Waals surface area (Å²) < 4.78 is 17.9. The van der Waals surface area contributed by atoms with Crippen molar-refractivity contribution in [1.82, 2.24) is 25.2 Å². The molecule has 1 saturated carbocycles. The Hall–Kier alpha value is -2.50. The third-order valence-corrected chi connectivity index (χ3v) is 6.99. The van der Waals surface area contributed by atoms with E-state index < -0.39 is 12.0 Å². The number of fused-ring (bicyclic) bond motifs is 1. The molecular formula is C26H34BFN6O2. The normalized spacial score (nSPS) is 17.5. The van der Waals surface area contributed by atoms with Gasteiger partial charge >= 0.3 is 0 Å². The minimum atomic E-state index is -1.22. The van der Waals surface area contributed by atoms with Crippen LogP contribution in [0, 0.1) is 18.7 Å². The summed E-state index contributed by atoms with van der Waals surface area (Å²) in [7, 11) is 5.89. The molecule has 2 radical (unpaired) electrons. The van der Waals surface area contributed by atoms with Gasteiger partial charge in [-0.15, -0.1) is 0 Å². The van der Waals surface area contributed by atoms with Crippen LogP contribution in [0.15, 0.2) is 30.6 Å². The molecule has 1 aliphatic heterocycles. The first-order valence-electron chi connectivity index (χ1n) is 12.8. The number of piperazine rings is 1. The van der Waals surface area contributed by atoms with Gasteiger partial charge in [-0.3, -0.25) is 4.84 Å². The highest BCUT2D eigenvalue weighted by molar-refractivity contribution is 6.32. The maximum atomic E-state index is 15.9. The zero-order chi connectivity index (χ0) is 25.1. The van der Waals surface area contributed by atoms with E-state index in [-0.39, 0.29) is 11.2 Å². The van der Waals surface area contributed by atoms with Crippen LogP contribution in [0.5, 0.6) is 0 Å². The van der Waals surface area contributed by atoms with E-state index in [0.29, 0.717) is 41.3 Å². The number of nitrogens with one attached hydrogen (secondary N) is 3. The largest absolute Gasteiger partial charge is 0.372 e. The fourth-order valence-electron chi connectivity index (χ4n) is 4.65. The number of aryl methyl sites for hydroxylation is 2. The smallest absolute Gasteiger partial charge is 0.174 e. The van der Waals surface area contributed by atoms with Gasteiger partial charge in [0.15, 0.2) is 12.0 Å². The maximum Gasteiger partial charge on any atom is 0.174 e. The highest BCUT2D eigenvalue weighted by atomic mass is 19.1. The lowest BCUT2D eigenvalue weighted by atomic mass is 9.94. The van der Waals surface area contributed by atoms with E-state index in [4.69, 9.17) is 12.7 Å². The van der Waals surface area contributed by atoms with Crippen molar-refractivity contribution >= 4 is 35.7 Å². The van der Waals surface area contributed by atoms with E-state index in [1.54, 1.807) is 24.5 Å². The third kappa shape index (κ3) is 5.90. The molecule has 0 bridgehead atoms. The first-order chi connectivity index (χ1) is 17.5. The van der Waals surface area contributed by atoms with Crippen molar-refractivity contribution in [1.29, 1.82) is 0 Å². The summed E-state index contributed by atoms with van der Waals surface area (Å²) in [5, 5.41) is 17.5. The number of halogens is 1. The number of rotatable bonds is 11. The number of benzene rings is 2. The summed E-state index contributed by atoms with van der Waals surface area (Å²) in [6.45, 7) is 8.22. The number of aromatic nitrogens is 2. The van der Waals surface area contributed by atoms with E-state index in [0.717, 1.165) is 57.5 Å². The molecule has 2 aromatic carbocycles. The SMILES string of the molecule is [B]c1ccc(Nc2c(C(O)NOCC3CC3)cc3c(ncn3CCCN3CCNCC3)c2F)c(C)c1. The van der Waals surface area contributed by atoms with Gasteiger partial charge in [0.25, 0.3) is 0 Å². The number of imidazole rings is 1. The second-order valence-corrected chi connectivity index (χ2v) is 9.88. The van der Waals surface area contributed by atoms with Crippen molar-refractivity contribution in [3.05, 3.63) is 47.5 Å². The summed E-state index contributed by atoms with van der Waals surface area (Å²) in [4.78, 5) is 12.3. The van der Waals surface area contributed by atoms with Crippen molar-refractivity contribution in [2.24, 2.45) is 5.92 Å². The fraction of sp³-hybridized carbons (Fsp3) is 0.500. The van der Waals surface area contributed by atoms with Gasteiger partial charge in [0.2, 0.25) is 0 Å². The lowest BCUT2D eigenvalue weighted by Gasteiger charge is -2.27. The Morgan fingerprint density at radius 1 is 1.25 bits per heavy atom. The van der Waals surface area contributed by atoms with Crippen LogP contribution in [-0.2, 0) is 11.4 Å². The molecule has 0 amide bonds. The van der Waals surface area contributed by atoms with E-state index in [1.807, 2.05) is 17.6 Å². The number of hydrogen-bond acceptors (Lipinski definition) is 7. The molecule has 2 heterocycles. The number of nitrogens with zero attached hydrogens (tertiary/aromatic N) is 3. The number of aliphatic hydroxyl groups is 1. The van der Waals surface area contributed by atoms with Gasteiger partial charge in [0.1, 0.15) is 13.4 Å². The number of hydroxylamine groups is 1. The molecule has 2 aliphatic rings. The van der Waals surface area contributed by atoms with E-state index in [2.05, 4.69) is 26.0 Å². The second-order valence-electron chi connectivity index (χ2n) is 9.88. The van der Waals surface area contributed by atoms with Crippen LogP contribution in [0.25, 0.3) is 11.0 Å². The average molecular weight is 492 g/mol. The van der Waals surface area contributed by atoms with E-state index >= 15 is 4.39 Å². The van der Waals surface area contributed by atoms with Crippen molar-refractivity contribution in [3.63, 3.8) is 0 Å². The molecule has 36 heavy (non-hydrogen) atoms. The predicted molar refractivity (Wildman–Crippen MR) is 140 cm³/mol. The molecule has 8 nitrogen and oxygen atoms in total. The summed E-state index contributed by atoms with van der Waals surface area (Å²) in [6.07, 6.45) is 3.65. The van der Waals surface area contributed by atoms with Crippen molar-refractivity contribution in [3.8, 4) is 0 Å². The first-order valence-corrected chi connectivity index (χ1v) is 12.8. The minimum absolute atomic E-state index is 0.163. The molecular weight excluding hydrogens is 458 g/mol. The van der Waals surface area contributed by atoms with Gasteiger partial charge in [0.05, 0.1) is 24.1 Å². The molecule has 3 aromatic rings. The number of aliphatic hydroxyl groups excluding tert-OH is 1. The summed E-state index contributed by atoms with van der Waals surface area (Å²) in [5.41, 5.74) is 6.32. The van der Waals surface area contributed by atoms with Crippen LogP contribution >= 0.6 is 0 Å². The molecule has 1 atom stereocenters. The molecule has 2 fully saturated rings.